The molecule has 17 heavy (non-hydrogen) atoms. The van der Waals surface area contributed by atoms with Crippen molar-refractivity contribution in [2.24, 2.45) is 5.92 Å². The van der Waals surface area contributed by atoms with E-state index in [2.05, 4.69) is 46.9 Å². The topological polar surface area (TPSA) is 21.3 Å². The summed E-state index contributed by atoms with van der Waals surface area (Å²) in [4.78, 5) is 0. The fourth-order valence-corrected chi connectivity index (χ4v) is 2.63. The minimum atomic E-state index is 0.0220. The Kier molecular flexibility index (Phi) is 8.89. The first kappa shape index (κ1) is 16.9. The van der Waals surface area contributed by atoms with Crippen LogP contribution in [0.4, 0.5) is 0 Å². The van der Waals surface area contributed by atoms with Crippen LogP contribution in [0.3, 0.4) is 0 Å². The highest BCUT2D eigenvalue weighted by molar-refractivity contribution is 4.92. The first-order chi connectivity index (χ1) is 8.10. The summed E-state index contributed by atoms with van der Waals surface area (Å²) in [6.07, 6.45) is 4.64. The summed E-state index contributed by atoms with van der Waals surface area (Å²) < 4.78 is 6.13. The van der Waals surface area contributed by atoms with Crippen molar-refractivity contribution < 1.29 is 4.74 Å². The third-order valence-electron chi connectivity index (χ3n) is 4.05. The molecular weight excluding hydrogens is 210 g/mol. The largest absolute Gasteiger partial charge is 0.374 e. The normalized spacial score (nSPS) is 15.9. The van der Waals surface area contributed by atoms with Gasteiger partial charge in [0.05, 0.1) is 5.60 Å². The van der Waals surface area contributed by atoms with Gasteiger partial charge in [0.15, 0.2) is 0 Å². The van der Waals surface area contributed by atoms with Crippen LogP contribution in [0.5, 0.6) is 0 Å². The van der Waals surface area contributed by atoms with Crippen LogP contribution in [-0.2, 0) is 4.74 Å². The molecule has 0 bridgehead atoms. The smallest absolute Gasteiger partial charge is 0.0829 e. The molecule has 2 nitrogen and oxygen atoms in total. The van der Waals surface area contributed by atoms with Crippen molar-refractivity contribution in [2.75, 3.05) is 13.2 Å². The van der Waals surface area contributed by atoms with E-state index in [1.807, 2.05) is 0 Å². The van der Waals surface area contributed by atoms with Gasteiger partial charge in [-0.25, -0.2) is 0 Å². The highest BCUT2D eigenvalue weighted by atomic mass is 16.5. The number of hydrogen-bond donors (Lipinski definition) is 1. The first-order valence-electron chi connectivity index (χ1n) is 7.47. The summed E-state index contributed by atoms with van der Waals surface area (Å²) in [5.41, 5.74) is 0.0220. The lowest BCUT2D eigenvalue weighted by Gasteiger charge is -2.41. The summed E-state index contributed by atoms with van der Waals surface area (Å²) in [7, 11) is 0. The van der Waals surface area contributed by atoms with E-state index < -0.39 is 0 Å². The molecule has 0 saturated heterocycles. The Labute approximate surface area is 109 Å². The van der Waals surface area contributed by atoms with Gasteiger partial charge < -0.3 is 10.1 Å². The molecule has 2 unspecified atom stereocenters. The van der Waals surface area contributed by atoms with Crippen molar-refractivity contribution >= 4 is 0 Å². The highest BCUT2D eigenvalue weighted by Gasteiger charge is 2.36. The zero-order chi connectivity index (χ0) is 13.3. The Hall–Kier alpha value is -0.0800. The first-order valence-corrected chi connectivity index (χ1v) is 7.47. The third-order valence-corrected chi connectivity index (χ3v) is 4.05. The van der Waals surface area contributed by atoms with E-state index in [1.165, 1.54) is 12.8 Å². The second-order valence-corrected chi connectivity index (χ2v) is 5.06. The molecule has 0 saturated carbocycles. The van der Waals surface area contributed by atoms with E-state index in [9.17, 15) is 0 Å². The Morgan fingerprint density at radius 3 is 2.00 bits per heavy atom. The van der Waals surface area contributed by atoms with Crippen molar-refractivity contribution in [1.29, 1.82) is 0 Å². The van der Waals surface area contributed by atoms with Crippen LogP contribution in [0, 0.1) is 5.92 Å². The zero-order valence-corrected chi connectivity index (χ0v) is 12.8. The second kappa shape index (κ2) is 8.93. The number of hydrogen-bond acceptors (Lipinski definition) is 2. The molecule has 104 valence electrons. The molecule has 0 spiro atoms. The van der Waals surface area contributed by atoms with Gasteiger partial charge in [-0.3, -0.25) is 0 Å². The maximum Gasteiger partial charge on any atom is 0.0829 e. The monoisotopic (exact) mass is 243 g/mol. The van der Waals surface area contributed by atoms with Crippen molar-refractivity contribution in [1.82, 2.24) is 5.32 Å². The van der Waals surface area contributed by atoms with Gasteiger partial charge in [0.1, 0.15) is 0 Å². The van der Waals surface area contributed by atoms with Gasteiger partial charge in [0.2, 0.25) is 0 Å². The lowest BCUT2D eigenvalue weighted by Crippen LogP contribution is -2.52. The molecule has 0 fully saturated rings. The zero-order valence-electron chi connectivity index (χ0n) is 12.8. The molecule has 0 aliphatic carbocycles. The SMILES string of the molecule is CCNC(CC(C)CC)C(CC)(CC)OCC. The van der Waals surface area contributed by atoms with E-state index in [1.54, 1.807) is 0 Å². The molecule has 1 N–H and O–H groups in total. The molecule has 0 aliphatic heterocycles. The summed E-state index contributed by atoms with van der Waals surface area (Å²) in [6.45, 7) is 15.2. The predicted octanol–water partition coefficient (Wildman–Crippen LogP) is 4.00. The van der Waals surface area contributed by atoms with Crippen molar-refractivity contribution in [3.8, 4) is 0 Å². The molecule has 0 amide bonds. The van der Waals surface area contributed by atoms with Crippen molar-refractivity contribution in [2.45, 2.75) is 78.9 Å². The standard InChI is InChI=1S/C15H33NO/c1-7-13(6)12-14(16-10-4)15(8-2,9-3)17-11-5/h13-14,16H,7-12H2,1-6H3. The quantitative estimate of drug-likeness (QED) is 0.626. The minimum Gasteiger partial charge on any atom is -0.374 e. The van der Waals surface area contributed by atoms with Gasteiger partial charge in [-0.15, -0.1) is 0 Å². The maximum atomic E-state index is 6.13. The van der Waals surface area contributed by atoms with E-state index in [4.69, 9.17) is 4.74 Å². The van der Waals surface area contributed by atoms with Gasteiger partial charge >= 0.3 is 0 Å². The molecule has 0 aromatic heterocycles. The fourth-order valence-electron chi connectivity index (χ4n) is 2.63. The summed E-state index contributed by atoms with van der Waals surface area (Å²) in [6, 6.07) is 0.484. The van der Waals surface area contributed by atoms with Crippen LogP contribution >= 0.6 is 0 Å². The molecule has 2 heteroatoms. The average molecular weight is 243 g/mol. The van der Waals surface area contributed by atoms with Gasteiger partial charge in [-0.2, -0.15) is 0 Å². The molecule has 0 aromatic carbocycles. The Bertz CT molecular complexity index is 178. The lowest BCUT2D eigenvalue weighted by atomic mass is 9.82. The maximum absolute atomic E-state index is 6.13. The van der Waals surface area contributed by atoms with Crippen LogP contribution in [0.25, 0.3) is 0 Å². The van der Waals surface area contributed by atoms with E-state index in [0.29, 0.717) is 6.04 Å². The van der Waals surface area contributed by atoms with Crippen LogP contribution in [-0.4, -0.2) is 24.8 Å². The number of rotatable bonds is 10. The summed E-state index contributed by atoms with van der Waals surface area (Å²) in [5, 5.41) is 3.65. The molecule has 0 radical (unpaired) electrons. The number of nitrogens with one attached hydrogen (secondary N) is 1. The van der Waals surface area contributed by atoms with Crippen LogP contribution in [0.15, 0.2) is 0 Å². The summed E-state index contributed by atoms with van der Waals surface area (Å²) in [5.74, 6) is 0.761. The third kappa shape index (κ3) is 4.97. The molecule has 0 heterocycles. The number of ether oxygens (including phenoxy) is 1. The average Bonchev–Trinajstić information content (AvgIpc) is 2.35. The minimum absolute atomic E-state index is 0.0220. The molecule has 2 atom stereocenters. The lowest BCUT2D eigenvalue weighted by molar-refractivity contribution is -0.0762. The Balaban J connectivity index is 4.80. The fraction of sp³-hybridized carbons (Fsp3) is 1.00. The second-order valence-electron chi connectivity index (χ2n) is 5.06. The summed E-state index contributed by atoms with van der Waals surface area (Å²) >= 11 is 0. The van der Waals surface area contributed by atoms with Crippen LogP contribution in [0.1, 0.15) is 67.2 Å². The molecular formula is C15H33NO. The van der Waals surface area contributed by atoms with Crippen molar-refractivity contribution in [3.05, 3.63) is 0 Å². The van der Waals surface area contributed by atoms with Gasteiger partial charge in [-0.1, -0.05) is 41.0 Å². The van der Waals surface area contributed by atoms with Crippen LogP contribution < -0.4 is 5.32 Å². The molecule has 0 rings (SSSR count). The number of likely N-dealkylation sites (N-methyl/N-ethyl adjacent to an activating group) is 1. The van der Waals surface area contributed by atoms with Crippen LogP contribution in [0.2, 0.25) is 0 Å². The van der Waals surface area contributed by atoms with E-state index in [0.717, 1.165) is 31.9 Å². The highest BCUT2D eigenvalue weighted by Crippen LogP contribution is 2.29. The van der Waals surface area contributed by atoms with E-state index in [-0.39, 0.29) is 5.60 Å². The van der Waals surface area contributed by atoms with Gasteiger partial charge in [0.25, 0.3) is 0 Å². The Morgan fingerprint density at radius 1 is 1.06 bits per heavy atom. The molecule has 0 aliphatic rings. The molecule has 0 aromatic rings. The predicted molar refractivity (Wildman–Crippen MR) is 76.5 cm³/mol. The van der Waals surface area contributed by atoms with Crippen molar-refractivity contribution in [3.63, 3.8) is 0 Å². The van der Waals surface area contributed by atoms with Gasteiger partial charge in [-0.05, 0) is 38.6 Å². The van der Waals surface area contributed by atoms with Gasteiger partial charge in [0, 0.05) is 12.6 Å². The van der Waals surface area contributed by atoms with E-state index >= 15 is 0 Å². The Morgan fingerprint density at radius 2 is 1.65 bits per heavy atom.